The fraction of sp³-hybridized carbons (Fsp3) is 0.412. The molecule has 0 spiro atoms. The van der Waals surface area contributed by atoms with Crippen LogP contribution in [0.3, 0.4) is 0 Å². The Bertz CT molecular complexity index is 797. The topological polar surface area (TPSA) is 84.3 Å². The maximum atomic E-state index is 12.7. The van der Waals surface area contributed by atoms with E-state index in [0.717, 1.165) is 31.4 Å². The first kappa shape index (κ1) is 19.3. The van der Waals surface area contributed by atoms with Crippen LogP contribution in [0, 0.1) is 0 Å². The highest BCUT2D eigenvalue weighted by atomic mass is 32.2. The van der Waals surface area contributed by atoms with E-state index in [9.17, 15) is 8.78 Å². The van der Waals surface area contributed by atoms with Crippen LogP contribution >= 0.6 is 11.8 Å². The molecule has 0 bridgehead atoms. The van der Waals surface area contributed by atoms with Gasteiger partial charge in [-0.25, -0.2) is 0 Å². The van der Waals surface area contributed by atoms with Gasteiger partial charge in [0.15, 0.2) is 0 Å². The molecule has 0 saturated heterocycles. The summed E-state index contributed by atoms with van der Waals surface area (Å²) in [7, 11) is 1.66. The molecule has 1 aliphatic carbocycles. The van der Waals surface area contributed by atoms with Crippen molar-refractivity contribution in [2.75, 3.05) is 17.7 Å². The lowest BCUT2D eigenvalue weighted by molar-refractivity contribution is 0.252. The zero-order chi connectivity index (χ0) is 19.1. The Balaban J connectivity index is 1.79. The molecule has 144 valence electrons. The predicted molar refractivity (Wildman–Crippen MR) is 102 cm³/mol. The number of thioether (sulfide) groups is 1. The molecule has 1 aromatic carbocycles. The Hall–Kier alpha value is -2.49. The van der Waals surface area contributed by atoms with Gasteiger partial charge in [-0.1, -0.05) is 35.5 Å². The second-order valence-corrected chi connectivity index (χ2v) is 6.86. The monoisotopic (exact) mass is 394 g/mol. The molecule has 27 heavy (non-hydrogen) atoms. The van der Waals surface area contributed by atoms with Gasteiger partial charge in [-0.3, -0.25) is 0 Å². The summed E-state index contributed by atoms with van der Waals surface area (Å²) < 4.78 is 25.5. The summed E-state index contributed by atoms with van der Waals surface area (Å²) in [5, 5.41) is 9.91. The molecule has 10 heteroatoms. The standard InChI is InChI=1S/C17H20F2N6OS/c1-20-15-22-16(21-12-9-5-6-10-13(12)27-14(18)19)24-17(23-15)26-25-11-7-3-2-4-8-11/h5-6,9-10,14H,2-4,7-8H2,1H3,(H2,20,21,22,23,24). The van der Waals surface area contributed by atoms with Crippen LogP contribution in [0.4, 0.5) is 26.4 Å². The summed E-state index contributed by atoms with van der Waals surface area (Å²) in [6, 6.07) is 6.75. The van der Waals surface area contributed by atoms with Crippen molar-refractivity contribution in [3.63, 3.8) is 0 Å². The van der Waals surface area contributed by atoms with Gasteiger partial charge in [0.05, 0.1) is 11.4 Å². The Morgan fingerprint density at radius 1 is 1.07 bits per heavy atom. The van der Waals surface area contributed by atoms with E-state index in [1.54, 1.807) is 31.3 Å². The number of alkyl halides is 2. The van der Waals surface area contributed by atoms with Crippen LogP contribution in [0.5, 0.6) is 6.01 Å². The number of nitrogens with zero attached hydrogens (tertiary/aromatic N) is 4. The van der Waals surface area contributed by atoms with Crippen molar-refractivity contribution in [2.24, 2.45) is 5.16 Å². The van der Waals surface area contributed by atoms with Crippen molar-refractivity contribution in [1.82, 2.24) is 15.0 Å². The molecule has 1 heterocycles. The molecule has 1 fully saturated rings. The number of hydrogen-bond donors (Lipinski definition) is 2. The lowest BCUT2D eigenvalue weighted by Gasteiger charge is -2.12. The van der Waals surface area contributed by atoms with E-state index in [4.69, 9.17) is 4.84 Å². The fourth-order valence-electron chi connectivity index (χ4n) is 2.61. The van der Waals surface area contributed by atoms with Crippen LogP contribution in [0.25, 0.3) is 0 Å². The summed E-state index contributed by atoms with van der Waals surface area (Å²) in [5.41, 5.74) is 1.46. The molecule has 7 nitrogen and oxygen atoms in total. The number of rotatable bonds is 7. The van der Waals surface area contributed by atoms with Gasteiger partial charge in [0.1, 0.15) is 0 Å². The number of para-hydroxylation sites is 1. The van der Waals surface area contributed by atoms with Crippen molar-refractivity contribution in [3.8, 4) is 6.01 Å². The van der Waals surface area contributed by atoms with Crippen molar-refractivity contribution in [1.29, 1.82) is 0 Å². The molecule has 1 aromatic heterocycles. The molecular formula is C17H20F2N6OS. The molecule has 1 aliphatic rings. The van der Waals surface area contributed by atoms with Crippen molar-refractivity contribution in [2.45, 2.75) is 42.8 Å². The summed E-state index contributed by atoms with van der Waals surface area (Å²) >= 11 is 0.452. The quantitative estimate of drug-likeness (QED) is 0.521. The molecule has 3 rings (SSSR count). The average Bonchev–Trinajstić information content (AvgIpc) is 2.68. The highest BCUT2D eigenvalue weighted by molar-refractivity contribution is 7.99. The first-order chi connectivity index (χ1) is 13.1. The van der Waals surface area contributed by atoms with Crippen LogP contribution in [0.15, 0.2) is 34.3 Å². The number of oxime groups is 1. The molecule has 0 amide bonds. The molecular weight excluding hydrogens is 374 g/mol. The van der Waals surface area contributed by atoms with Crippen LogP contribution in [0.1, 0.15) is 32.1 Å². The summed E-state index contributed by atoms with van der Waals surface area (Å²) in [4.78, 5) is 18.3. The van der Waals surface area contributed by atoms with Crippen molar-refractivity contribution in [3.05, 3.63) is 24.3 Å². The lowest BCUT2D eigenvalue weighted by Crippen LogP contribution is -2.09. The van der Waals surface area contributed by atoms with Crippen molar-refractivity contribution < 1.29 is 13.6 Å². The number of aromatic nitrogens is 3. The fourth-order valence-corrected chi connectivity index (χ4v) is 3.21. The van der Waals surface area contributed by atoms with E-state index < -0.39 is 5.76 Å². The Morgan fingerprint density at radius 3 is 2.56 bits per heavy atom. The number of hydrogen-bond acceptors (Lipinski definition) is 8. The van der Waals surface area contributed by atoms with Gasteiger partial charge in [0, 0.05) is 11.9 Å². The van der Waals surface area contributed by atoms with Crippen LogP contribution in [0.2, 0.25) is 0 Å². The molecule has 0 unspecified atom stereocenters. The smallest absolute Gasteiger partial charge is 0.352 e. The largest absolute Gasteiger partial charge is 0.357 e. The van der Waals surface area contributed by atoms with E-state index in [-0.39, 0.29) is 17.9 Å². The molecule has 0 atom stereocenters. The lowest BCUT2D eigenvalue weighted by atomic mass is 9.99. The summed E-state index contributed by atoms with van der Waals surface area (Å²) in [5.74, 6) is -2.06. The Kier molecular flexibility index (Phi) is 6.74. The average molecular weight is 394 g/mol. The first-order valence-corrected chi connectivity index (χ1v) is 9.49. The number of anilines is 3. The SMILES string of the molecule is CNc1nc(Nc2ccccc2SC(F)F)nc(ON=C2CCCCC2)n1. The number of nitrogens with one attached hydrogen (secondary N) is 2. The van der Waals surface area contributed by atoms with Crippen molar-refractivity contribution >= 4 is 35.1 Å². The van der Waals surface area contributed by atoms with Gasteiger partial charge < -0.3 is 15.5 Å². The number of halogens is 2. The maximum Gasteiger partial charge on any atom is 0.352 e. The molecule has 2 N–H and O–H groups in total. The van der Waals surface area contributed by atoms with Gasteiger partial charge in [0.2, 0.25) is 11.9 Å². The third-order valence-electron chi connectivity index (χ3n) is 3.88. The highest BCUT2D eigenvalue weighted by Gasteiger charge is 2.13. The second-order valence-electron chi connectivity index (χ2n) is 5.82. The third kappa shape index (κ3) is 5.75. The maximum absolute atomic E-state index is 12.7. The van der Waals surface area contributed by atoms with Gasteiger partial charge in [-0.2, -0.15) is 23.7 Å². The number of benzene rings is 1. The predicted octanol–water partition coefficient (Wildman–Crippen LogP) is 4.67. The van der Waals surface area contributed by atoms with Crippen LogP contribution < -0.4 is 15.5 Å². The summed E-state index contributed by atoms with van der Waals surface area (Å²) in [6.45, 7) is 0. The molecule has 0 aliphatic heterocycles. The van der Waals surface area contributed by atoms with E-state index in [1.807, 2.05) is 0 Å². The molecule has 2 aromatic rings. The van der Waals surface area contributed by atoms with E-state index in [0.29, 0.717) is 22.3 Å². The normalized spacial score (nSPS) is 14.1. The Labute approximate surface area is 160 Å². The van der Waals surface area contributed by atoms with E-state index in [2.05, 4.69) is 30.7 Å². The second kappa shape index (κ2) is 9.45. The molecule has 1 saturated carbocycles. The van der Waals surface area contributed by atoms with E-state index in [1.165, 1.54) is 6.42 Å². The third-order valence-corrected chi connectivity index (χ3v) is 4.66. The molecule has 0 radical (unpaired) electrons. The first-order valence-electron chi connectivity index (χ1n) is 8.61. The zero-order valence-electron chi connectivity index (χ0n) is 14.8. The van der Waals surface area contributed by atoms with E-state index >= 15 is 0 Å². The van der Waals surface area contributed by atoms with Crippen LogP contribution in [-0.4, -0.2) is 33.5 Å². The minimum atomic E-state index is -2.52. The van der Waals surface area contributed by atoms with Gasteiger partial charge in [-0.05, 0) is 37.8 Å². The van der Waals surface area contributed by atoms with Crippen LogP contribution in [-0.2, 0) is 0 Å². The summed E-state index contributed by atoms with van der Waals surface area (Å²) in [6.07, 6.45) is 5.23. The zero-order valence-corrected chi connectivity index (χ0v) is 15.6. The van der Waals surface area contributed by atoms with Gasteiger partial charge in [0.25, 0.3) is 5.76 Å². The minimum Gasteiger partial charge on any atom is -0.357 e. The Morgan fingerprint density at radius 2 is 1.81 bits per heavy atom. The van der Waals surface area contributed by atoms with Gasteiger partial charge in [-0.15, -0.1) is 0 Å². The minimum absolute atomic E-state index is 0.0360. The van der Waals surface area contributed by atoms with Gasteiger partial charge >= 0.3 is 6.01 Å². The highest BCUT2D eigenvalue weighted by Crippen LogP contribution is 2.33.